The van der Waals surface area contributed by atoms with E-state index in [1.165, 1.54) is 11.1 Å². The van der Waals surface area contributed by atoms with Crippen molar-refractivity contribution in [3.05, 3.63) is 35.4 Å². The molecule has 2 heterocycles. The molecular weight excluding hydrogens is 324 g/mol. The van der Waals surface area contributed by atoms with Crippen LogP contribution in [0.3, 0.4) is 0 Å². The molecule has 2 aliphatic heterocycles. The molecule has 0 saturated carbocycles. The van der Waals surface area contributed by atoms with Gasteiger partial charge in [-0.15, -0.1) is 0 Å². The van der Waals surface area contributed by atoms with Crippen LogP contribution in [-0.2, 0) is 22.8 Å². The van der Waals surface area contributed by atoms with Crippen molar-refractivity contribution in [2.24, 2.45) is 4.99 Å². The number of guanidine groups is 1. The first-order chi connectivity index (χ1) is 11.6. The van der Waals surface area contributed by atoms with E-state index in [9.17, 15) is 8.42 Å². The van der Waals surface area contributed by atoms with Crippen molar-refractivity contribution in [2.45, 2.75) is 13.0 Å². The highest BCUT2D eigenvalue weighted by Crippen LogP contribution is 2.18. The number of benzene rings is 1. The molecule has 1 N–H and O–H groups in total. The molecule has 0 bridgehead atoms. The van der Waals surface area contributed by atoms with Gasteiger partial charge in [0.05, 0.1) is 11.5 Å². The van der Waals surface area contributed by atoms with E-state index in [-0.39, 0.29) is 11.5 Å². The zero-order chi connectivity index (χ0) is 17.0. The summed E-state index contributed by atoms with van der Waals surface area (Å²) in [6.07, 6.45) is 1.04. The minimum absolute atomic E-state index is 0.282. The van der Waals surface area contributed by atoms with Crippen molar-refractivity contribution < 1.29 is 8.42 Å². The molecule has 0 atom stereocenters. The first kappa shape index (κ1) is 17.2. The second-order valence-electron chi connectivity index (χ2n) is 6.41. The van der Waals surface area contributed by atoms with Gasteiger partial charge >= 0.3 is 0 Å². The van der Waals surface area contributed by atoms with E-state index < -0.39 is 9.84 Å². The van der Waals surface area contributed by atoms with Gasteiger partial charge in [-0.3, -0.25) is 9.89 Å². The maximum absolute atomic E-state index is 11.5. The summed E-state index contributed by atoms with van der Waals surface area (Å²) in [5, 5.41) is 3.42. The maximum Gasteiger partial charge on any atom is 0.194 e. The van der Waals surface area contributed by atoms with Crippen LogP contribution in [0.15, 0.2) is 29.3 Å². The molecule has 24 heavy (non-hydrogen) atoms. The number of fused-ring (bicyclic) bond motifs is 1. The zero-order valence-electron chi connectivity index (χ0n) is 14.2. The number of rotatable bonds is 3. The number of nitrogens with zero attached hydrogens (tertiary/aromatic N) is 3. The van der Waals surface area contributed by atoms with E-state index >= 15 is 0 Å². The molecular formula is C17H26N4O2S. The number of nitrogens with one attached hydrogen (secondary N) is 1. The average Bonchev–Trinajstić information content (AvgIpc) is 2.59. The van der Waals surface area contributed by atoms with Crippen molar-refractivity contribution >= 4 is 15.8 Å². The lowest BCUT2D eigenvalue weighted by molar-refractivity contribution is 0.296. The molecule has 1 aromatic carbocycles. The molecule has 0 unspecified atom stereocenters. The van der Waals surface area contributed by atoms with Crippen LogP contribution in [0.4, 0.5) is 0 Å². The zero-order valence-corrected chi connectivity index (χ0v) is 15.1. The van der Waals surface area contributed by atoms with Gasteiger partial charge < -0.3 is 10.2 Å². The molecule has 1 fully saturated rings. The van der Waals surface area contributed by atoms with Gasteiger partial charge in [-0.1, -0.05) is 24.3 Å². The summed E-state index contributed by atoms with van der Waals surface area (Å²) in [5.41, 5.74) is 2.80. The Morgan fingerprint density at radius 3 is 2.58 bits per heavy atom. The van der Waals surface area contributed by atoms with Crippen LogP contribution < -0.4 is 5.32 Å². The SMILES string of the molecule is CN=C(NCCN1CCS(=O)(=O)CC1)N1CCc2ccccc2C1. The minimum atomic E-state index is -2.80. The van der Waals surface area contributed by atoms with E-state index in [1.54, 1.807) is 0 Å². The lowest BCUT2D eigenvalue weighted by Crippen LogP contribution is -2.48. The molecule has 7 heteroatoms. The van der Waals surface area contributed by atoms with Crippen molar-refractivity contribution in [3.8, 4) is 0 Å². The Bertz CT molecular complexity index is 688. The third-order valence-electron chi connectivity index (χ3n) is 4.79. The third kappa shape index (κ3) is 4.27. The van der Waals surface area contributed by atoms with E-state index in [1.807, 2.05) is 7.05 Å². The van der Waals surface area contributed by atoms with Gasteiger partial charge in [-0.2, -0.15) is 0 Å². The summed E-state index contributed by atoms with van der Waals surface area (Å²) in [6.45, 7) is 4.76. The highest BCUT2D eigenvalue weighted by atomic mass is 32.2. The van der Waals surface area contributed by atoms with E-state index in [4.69, 9.17) is 0 Å². The Morgan fingerprint density at radius 2 is 1.88 bits per heavy atom. The van der Waals surface area contributed by atoms with Gasteiger partial charge in [0.2, 0.25) is 0 Å². The second-order valence-corrected chi connectivity index (χ2v) is 8.71. The summed E-state index contributed by atoms with van der Waals surface area (Å²) >= 11 is 0. The Kier molecular flexibility index (Phi) is 5.40. The third-order valence-corrected chi connectivity index (χ3v) is 6.40. The molecule has 1 aromatic rings. The lowest BCUT2D eigenvalue weighted by Gasteiger charge is -2.32. The Hall–Kier alpha value is -1.60. The summed E-state index contributed by atoms with van der Waals surface area (Å²) in [5.74, 6) is 1.49. The molecule has 6 nitrogen and oxygen atoms in total. The first-order valence-corrected chi connectivity index (χ1v) is 10.3. The molecule has 132 valence electrons. The topological polar surface area (TPSA) is 65.0 Å². The summed E-state index contributed by atoms with van der Waals surface area (Å²) < 4.78 is 22.9. The summed E-state index contributed by atoms with van der Waals surface area (Å²) in [7, 11) is -0.985. The molecule has 2 aliphatic rings. The molecule has 1 saturated heterocycles. The largest absolute Gasteiger partial charge is 0.355 e. The van der Waals surface area contributed by atoms with Crippen molar-refractivity contribution in [2.75, 3.05) is 51.3 Å². The Labute approximate surface area is 144 Å². The van der Waals surface area contributed by atoms with Crippen molar-refractivity contribution in [1.29, 1.82) is 0 Å². The normalized spacial score (nSPS) is 21.4. The predicted octanol–water partition coefficient (Wildman–Crippen LogP) is 0.351. The highest BCUT2D eigenvalue weighted by molar-refractivity contribution is 7.91. The van der Waals surface area contributed by atoms with Gasteiger partial charge in [-0.05, 0) is 17.5 Å². The van der Waals surface area contributed by atoms with Crippen LogP contribution in [0.2, 0.25) is 0 Å². The van der Waals surface area contributed by atoms with Crippen molar-refractivity contribution in [3.63, 3.8) is 0 Å². The Balaban J connectivity index is 1.48. The van der Waals surface area contributed by atoms with E-state index in [0.717, 1.165) is 38.6 Å². The van der Waals surface area contributed by atoms with E-state index in [2.05, 4.69) is 44.4 Å². The number of hydrogen-bond acceptors (Lipinski definition) is 4. The molecule has 0 amide bonds. The minimum Gasteiger partial charge on any atom is -0.355 e. The monoisotopic (exact) mass is 350 g/mol. The van der Waals surface area contributed by atoms with E-state index in [0.29, 0.717) is 13.1 Å². The summed E-state index contributed by atoms with van der Waals surface area (Å²) in [6, 6.07) is 8.57. The van der Waals surface area contributed by atoms with Gasteiger partial charge in [0.15, 0.2) is 15.8 Å². The van der Waals surface area contributed by atoms with Crippen LogP contribution in [0.25, 0.3) is 0 Å². The van der Waals surface area contributed by atoms with Gasteiger partial charge in [-0.25, -0.2) is 8.42 Å². The molecule has 0 aromatic heterocycles. The number of sulfone groups is 1. The van der Waals surface area contributed by atoms with Crippen LogP contribution in [0.5, 0.6) is 0 Å². The molecule has 3 rings (SSSR count). The maximum atomic E-state index is 11.5. The standard InChI is InChI=1S/C17H26N4O2S/c1-18-17(19-7-9-20-10-12-24(22,23)13-11-20)21-8-6-15-4-2-3-5-16(15)14-21/h2-5H,6-14H2,1H3,(H,18,19). The van der Waals surface area contributed by atoms with Crippen LogP contribution in [0.1, 0.15) is 11.1 Å². The number of aliphatic imine (C=N–C) groups is 1. The van der Waals surface area contributed by atoms with Crippen LogP contribution >= 0.6 is 0 Å². The predicted molar refractivity (Wildman–Crippen MR) is 97.0 cm³/mol. The Morgan fingerprint density at radius 1 is 1.17 bits per heavy atom. The average molecular weight is 350 g/mol. The quantitative estimate of drug-likeness (QED) is 0.630. The van der Waals surface area contributed by atoms with Gasteiger partial charge in [0, 0.05) is 46.3 Å². The molecule has 0 aliphatic carbocycles. The first-order valence-electron chi connectivity index (χ1n) is 8.52. The fourth-order valence-electron chi connectivity index (χ4n) is 3.31. The highest BCUT2D eigenvalue weighted by Gasteiger charge is 2.22. The number of hydrogen-bond donors (Lipinski definition) is 1. The second kappa shape index (κ2) is 7.53. The van der Waals surface area contributed by atoms with Crippen LogP contribution in [-0.4, -0.2) is 75.5 Å². The lowest BCUT2D eigenvalue weighted by atomic mass is 10.0. The van der Waals surface area contributed by atoms with Gasteiger partial charge in [0.25, 0.3) is 0 Å². The van der Waals surface area contributed by atoms with Crippen LogP contribution in [0, 0.1) is 0 Å². The smallest absolute Gasteiger partial charge is 0.194 e. The van der Waals surface area contributed by atoms with Gasteiger partial charge in [0.1, 0.15) is 0 Å². The molecule has 0 radical (unpaired) electrons. The summed E-state index contributed by atoms with van der Waals surface area (Å²) in [4.78, 5) is 8.89. The molecule has 0 spiro atoms. The fraction of sp³-hybridized carbons (Fsp3) is 0.588. The fourth-order valence-corrected chi connectivity index (χ4v) is 4.59. The van der Waals surface area contributed by atoms with Crippen molar-refractivity contribution in [1.82, 2.24) is 15.1 Å².